The standard InChI is InChI=1S/C51H69N5/c1-5-17-34(18-6-1)49-52-50(35-19-7-2-8-20-35)54-51(53-49)37-22-15-21-36(31-37)40-28-16-29-42-44-32-43-41-27-13-14-30-45(41)55(38-23-9-3-10-24-38)46(43)33-47(44)56(48(40)42)39-25-11-4-12-26-39/h1,5-6,13-15,17,22,25,27,30,32-38,40-41,43,45-46,49-54H,2-4,7-12,16,18-21,23-24,26,28-29,31H2. The Kier molecular flexibility index (Phi) is 10.3. The molecule has 8 aliphatic carbocycles. The number of hydrogen-bond donors (Lipinski definition) is 3. The first-order chi connectivity index (χ1) is 27.8. The second-order valence-corrected chi connectivity index (χ2v) is 19.8. The number of hydrogen-bond acceptors (Lipinski definition) is 4. The molecule has 4 fully saturated rings. The van der Waals surface area contributed by atoms with Crippen LogP contribution in [0.2, 0.25) is 0 Å². The fourth-order valence-corrected chi connectivity index (χ4v) is 14.0. The van der Waals surface area contributed by atoms with Crippen molar-refractivity contribution >= 4 is 17.8 Å². The van der Waals surface area contributed by atoms with E-state index in [0.29, 0.717) is 66.1 Å². The topological polar surface area (TPSA) is 44.3 Å². The second-order valence-electron chi connectivity index (χ2n) is 19.8. The molecule has 2 saturated carbocycles. The summed E-state index contributed by atoms with van der Waals surface area (Å²) < 4.78 is 2.93. The average molecular weight is 752 g/mol. The van der Waals surface area contributed by atoms with E-state index in [1.807, 2.05) is 0 Å². The van der Waals surface area contributed by atoms with Gasteiger partial charge in [-0.15, -0.1) is 0 Å². The maximum absolute atomic E-state index is 4.23. The number of likely N-dealkylation sites (tertiary alicyclic amines) is 1. The Morgan fingerprint density at radius 3 is 2.20 bits per heavy atom. The molecule has 1 aromatic rings. The second kappa shape index (κ2) is 15.8. The molecule has 56 heavy (non-hydrogen) atoms. The van der Waals surface area contributed by atoms with Crippen LogP contribution in [-0.2, 0) is 6.42 Å². The van der Waals surface area contributed by atoms with Crippen LogP contribution in [-0.4, -0.2) is 46.1 Å². The fourth-order valence-electron chi connectivity index (χ4n) is 14.0. The van der Waals surface area contributed by atoms with Crippen molar-refractivity contribution in [1.82, 2.24) is 25.4 Å². The van der Waals surface area contributed by atoms with Gasteiger partial charge in [0.15, 0.2) is 0 Å². The molecule has 1 aromatic heterocycles. The molecule has 0 bridgehead atoms. The molecule has 11 rings (SSSR count). The molecular formula is C51H69N5. The minimum Gasteiger partial charge on any atom is -0.317 e. The molecule has 3 N–H and O–H groups in total. The molecule has 0 spiro atoms. The Morgan fingerprint density at radius 2 is 1.38 bits per heavy atom. The lowest BCUT2D eigenvalue weighted by molar-refractivity contribution is 0.0875. The number of nitrogens with zero attached hydrogens (tertiary/aromatic N) is 2. The minimum atomic E-state index is 0.313. The van der Waals surface area contributed by atoms with Crippen molar-refractivity contribution in [3.05, 3.63) is 88.7 Å². The van der Waals surface area contributed by atoms with E-state index in [4.69, 9.17) is 0 Å². The van der Waals surface area contributed by atoms with Gasteiger partial charge < -0.3 is 4.57 Å². The van der Waals surface area contributed by atoms with Gasteiger partial charge in [0.05, 0.1) is 23.8 Å². The molecule has 5 heteroatoms. The van der Waals surface area contributed by atoms with Crippen LogP contribution in [0.4, 0.5) is 0 Å². The van der Waals surface area contributed by atoms with Gasteiger partial charge in [-0.1, -0.05) is 111 Å². The van der Waals surface area contributed by atoms with Crippen molar-refractivity contribution in [3.63, 3.8) is 0 Å². The van der Waals surface area contributed by atoms with Crippen molar-refractivity contribution in [2.75, 3.05) is 0 Å². The molecule has 0 aromatic carbocycles. The van der Waals surface area contributed by atoms with Gasteiger partial charge in [-0.2, -0.15) is 0 Å². The van der Waals surface area contributed by atoms with Crippen LogP contribution in [0.15, 0.2) is 66.8 Å². The first-order valence-electron chi connectivity index (χ1n) is 23.9. The number of aromatic nitrogens is 1. The Bertz CT molecular complexity index is 1910. The van der Waals surface area contributed by atoms with Crippen LogP contribution < -0.4 is 26.5 Å². The Labute approximate surface area is 337 Å². The Hall–Kier alpha value is -2.70. The fraction of sp³-hybridized carbons (Fsp3) is 0.647. The van der Waals surface area contributed by atoms with Crippen molar-refractivity contribution in [3.8, 4) is 0 Å². The summed E-state index contributed by atoms with van der Waals surface area (Å²) in [5.74, 6) is 4.23. The van der Waals surface area contributed by atoms with Crippen LogP contribution in [0.3, 0.4) is 0 Å². The zero-order valence-corrected chi connectivity index (χ0v) is 34.0. The zero-order chi connectivity index (χ0) is 37.0. The van der Waals surface area contributed by atoms with Crippen LogP contribution in [0, 0.1) is 35.5 Å². The summed E-state index contributed by atoms with van der Waals surface area (Å²) in [5.41, 5.74) is 5.10. The predicted molar refractivity (Wildman–Crippen MR) is 232 cm³/mol. The lowest BCUT2D eigenvalue weighted by Crippen LogP contribution is -2.72. The van der Waals surface area contributed by atoms with Gasteiger partial charge in [0, 0.05) is 59.1 Å². The van der Waals surface area contributed by atoms with Gasteiger partial charge in [-0.25, -0.2) is 0 Å². The van der Waals surface area contributed by atoms with Gasteiger partial charge in [0.1, 0.15) is 0 Å². The monoisotopic (exact) mass is 752 g/mol. The highest BCUT2D eigenvalue weighted by Gasteiger charge is 2.50. The molecule has 0 amide bonds. The van der Waals surface area contributed by atoms with Crippen molar-refractivity contribution in [2.45, 2.75) is 171 Å². The van der Waals surface area contributed by atoms with Crippen LogP contribution in [0.1, 0.15) is 139 Å². The van der Waals surface area contributed by atoms with E-state index < -0.39 is 0 Å². The third-order valence-electron chi connectivity index (χ3n) is 16.6. The molecule has 3 heterocycles. The number of rotatable bonds is 6. The molecular weight excluding hydrogens is 683 g/mol. The van der Waals surface area contributed by atoms with E-state index >= 15 is 0 Å². The molecule has 2 saturated heterocycles. The lowest BCUT2D eigenvalue weighted by Gasteiger charge is -2.48. The summed E-state index contributed by atoms with van der Waals surface area (Å²) in [5, 5.41) is 15.8. The van der Waals surface area contributed by atoms with E-state index in [1.54, 1.807) is 27.5 Å². The van der Waals surface area contributed by atoms with E-state index in [0.717, 1.165) is 18.4 Å². The quantitative estimate of drug-likeness (QED) is 0.255. The minimum absolute atomic E-state index is 0.313. The SMILES string of the molecule is C1=CCC(C2NC(C3C=CCC(C4CCCc5c4n(C4=CCCCC4)c4c5=CC5C6C=CC=CC6N(C6CCCCC6)C5C=4)C3)NC(C3CCCCC3)N2)C=C1. The van der Waals surface area contributed by atoms with Gasteiger partial charge in [0.25, 0.3) is 0 Å². The van der Waals surface area contributed by atoms with Crippen LogP contribution >= 0.6 is 0 Å². The maximum atomic E-state index is 4.23. The Morgan fingerprint density at radius 1 is 0.571 bits per heavy atom. The molecule has 11 unspecified atom stereocenters. The van der Waals surface area contributed by atoms with E-state index in [9.17, 15) is 0 Å². The smallest absolute Gasteiger partial charge is 0.0663 e. The first-order valence-corrected chi connectivity index (χ1v) is 23.9. The highest BCUT2D eigenvalue weighted by atomic mass is 15.4. The zero-order valence-electron chi connectivity index (χ0n) is 34.0. The molecule has 0 radical (unpaired) electrons. The maximum Gasteiger partial charge on any atom is 0.0663 e. The molecule has 5 nitrogen and oxygen atoms in total. The van der Waals surface area contributed by atoms with E-state index in [-0.39, 0.29) is 0 Å². The summed E-state index contributed by atoms with van der Waals surface area (Å²) in [4.78, 5) is 3.03. The van der Waals surface area contributed by atoms with Crippen molar-refractivity contribution in [1.29, 1.82) is 0 Å². The first kappa shape index (κ1) is 36.4. The largest absolute Gasteiger partial charge is 0.317 e. The third kappa shape index (κ3) is 6.59. The predicted octanol–water partition coefficient (Wildman–Crippen LogP) is 8.70. The van der Waals surface area contributed by atoms with Crippen molar-refractivity contribution in [2.24, 2.45) is 35.5 Å². The summed E-state index contributed by atoms with van der Waals surface area (Å²) in [7, 11) is 0. The van der Waals surface area contributed by atoms with E-state index in [2.05, 4.69) is 104 Å². The summed E-state index contributed by atoms with van der Waals surface area (Å²) in [6.07, 6.45) is 60.3. The van der Waals surface area contributed by atoms with Crippen LogP contribution in [0.5, 0.6) is 0 Å². The highest BCUT2D eigenvalue weighted by Crippen LogP contribution is 2.47. The molecule has 10 aliphatic rings. The summed E-state index contributed by atoms with van der Waals surface area (Å²) in [6.45, 7) is 0. The third-order valence-corrected chi connectivity index (χ3v) is 16.6. The Balaban J connectivity index is 0.943. The van der Waals surface area contributed by atoms with Gasteiger partial charge in [-0.05, 0) is 119 Å². The summed E-state index contributed by atoms with van der Waals surface area (Å²) >= 11 is 0. The van der Waals surface area contributed by atoms with Gasteiger partial charge >= 0.3 is 0 Å². The number of fused-ring (bicyclic) bond motifs is 6. The number of allylic oxidation sites excluding steroid dienone is 8. The van der Waals surface area contributed by atoms with Crippen molar-refractivity contribution < 1.29 is 0 Å². The van der Waals surface area contributed by atoms with Gasteiger partial charge in [-0.3, -0.25) is 20.9 Å². The van der Waals surface area contributed by atoms with Crippen LogP contribution in [0.25, 0.3) is 17.8 Å². The number of nitrogens with one attached hydrogen (secondary N) is 3. The molecule has 2 aliphatic heterocycles. The molecule has 298 valence electrons. The normalized spacial score (nSPS) is 39.9. The average Bonchev–Trinajstić information content (AvgIpc) is 3.78. The lowest BCUT2D eigenvalue weighted by atomic mass is 9.71. The molecule has 11 atom stereocenters. The van der Waals surface area contributed by atoms with Gasteiger partial charge in [0.2, 0.25) is 0 Å². The highest BCUT2D eigenvalue weighted by molar-refractivity contribution is 5.60. The summed E-state index contributed by atoms with van der Waals surface area (Å²) in [6, 6.07) is 1.77. The van der Waals surface area contributed by atoms with E-state index in [1.165, 1.54) is 122 Å².